The van der Waals surface area contributed by atoms with Gasteiger partial charge in [-0.15, -0.1) is 0 Å². The molecule has 0 radical (unpaired) electrons. The quantitative estimate of drug-likeness (QED) is 0.828. The van der Waals surface area contributed by atoms with Crippen LogP contribution in [0.25, 0.3) is 11.2 Å². The molecule has 112 valence electrons. The Hall–Kier alpha value is -2.38. The van der Waals surface area contributed by atoms with Gasteiger partial charge in [-0.3, -0.25) is 9.36 Å². The highest BCUT2D eigenvalue weighted by Crippen LogP contribution is 2.21. The van der Waals surface area contributed by atoms with Crippen molar-refractivity contribution in [1.29, 1.82) is 0 Å². The first-order valence-electron chi connectivity index (χ1n) is 7.05. The molecule has 0 saturated carbocycles. The molecule has 0 aliphatic carbocycles. The number of piperazine rings is 1. The number of aromatic nitrogens is 4. The summed E-state index contributed by atoms with van der Waals surface area (Å²) in [6.07, 6.45) is 1.48. The van der Waals surface area contributed by atoms with Gasteiger partial charge in [-0.25, -0.2) is 14.8 Å². The Morgan fingerprint density at radius 2 is 2.00 bits per heavy atom. The number of hydrogen-bond acceptors (Lipinski definition) is 5. The number of carbonyl (C=O) groups is 1. The van der Waals surface area contributed by atoms with E-state index in [0.717, 1.165) is 5.82 Å². The van der Waals surface area contributed by atoms with Crippen LogP contribution in [0.2, 0.25) is 0 Å². The summed E-state index contributed by atoms with van der Waals surface area (Å²) >= 11 is 0. The van der Waals surface area contributed by atoms with Crippen molar-refractivity contribution in [2.75, 3.05) is 31.1 Å². The Morgan fingerprint density at radius 1 is 1.29 bits per heavy atom. The van der Waals surface area contributed by atoms with Gasteiger partial charge in [0.25, 0.3) is 0 Å². The molecule has 0 bridgehead atoms. The number of carbonyl (C=O) groups excluding carboxylic acids is 1. The van der Waals surface area contributed by atoms with Gasteiger partial charge in [0.05, 0.1) is 0 Å². The van der Waals surface area contributed by atoms with Gasteiger partial charge in [0.15, 0.2) is 11.5 Å². The third-order valence-corrected chi connectivity index (χ3v) is 3.88. The predicted molar refractivity (Wildman–Crippen MR) is 78.3 cm³/mol. The zero-order chi connectivity index (χ0) is 15.0. The highest BCUT2D eigenvalue weighted by molar-refractivity contribution is 5.83. The van der Waals surface area contributed by atoms with E-state index in [-0.39, 0.29) is 11.6 Å². The maximum atomic E-state index is 11.9. The van der Waals surface area contributed by atoms with Crippen LogP contribution in [0.1, 0.15) is 13.8 Å². The normalized spacial score (nSPS) is 15.7. The molecular formula is C13H18N6O2. The fourth-order valence-electron chi connectivity index (χ4n) is 2.72. The minimum absolute atomic E-state index is 0.0908. The van der Waals surface area contributed by atoms with Gasteiger partial charge in [-0.1, -0.05) is 0 Å². The molecule has 8 nitrogen and oxygen atoms in total. The molecule has 8 heteroatoms. The van der Waals surface area contributed by atoms with E-state index in [1.807, 2.05) is 11.8 Å². The Kier molecular flexibility index (Phi) is 3.36. The zero-order valence-corrected chi connectivity index (χ0v) is 12.2. The second-order valence-corrected chi connectivity index (χ2v) is 5.06. The molecule has 0 unspecified atom stereocenters. The van der Waals surface area contributed by atoms with Gasteiger partial charge in [0.1, 0.15) is 11.8 Å². The highest BCUT2D eigenvalue weighted by atomic mass is 16.2. The summed E-state index contributed by atoms with van der Waals surface area (Å²) in [5.74, 6) is 0.820. The Bertz CT molecular complexity index is 726. The molecule has 1 saturated heterocycles. The number of nitrogens with zero attached hydrogens (tertiary/aromatic N) is 5. The summed E-state index contributed by atoms with van der Waals surface area (Å²) in [5.41, 5.74) is 1.12. The number of H-pyrrole nitrogens is 1. The van der Waals surface area contributed by atoms with Gasteiger partial charge in [0.2, 0.25) is 5.91 Å². The number of nitrogens with one attached hydrogen (secondary N) is 1. The van der Waals surface area contributed by atoms with Gasteiger partial charge < -0.3 is 14.8 Å². The Labute approximate surface area is 121 Å². The first kappa shape index (κ1) is 13.6. The summed E-state index contributed by atoms with van der Waals surface area (Å²) < 4.78 is 1.59. The number of rotatable bonds is 2. The summed E-state index contributed by atoms with van der Waals surface area (Å²) in [6.45, 7) is 6.78. The number of aryl methyl sites for hydroxylation is 1. The van der Waals surface area contributed by atoms with Crippen LogP contribution in [0.4, 0.5) is 5.82 Å². The minimum Gasteiger partial charge on any atom is -0.351 e. The molecule has 1 N–H and O–H groups in total. The maximum Gasteiger partial charge on any atom is 0.327 e. The van der Waals surface area contributed by atoms with Crippen molar-refractivity contribution in [1.82, 2.24) is 24.4 Å². The molecule has 3 heterocycles. The van der Waals surface area contributed by atoms with E-state index in [2.05, 4.69) is 19.9 Å². The molecule has 0 spiro atoms. The van der Waals surface area contributed by atoms with Crippen molar-refractivity contribution in [3.63, 3.8) is 0 Å². The second-order valence-electron chi connectivity index (χ2n) is 5.06. The first-order chi connectivity index (χ1) is 10.1. The fraction of sp³-hybridized carbons (Fsp3) is 0.538. The standard InChI is InChI=1S/C13H18N6O2/c1-3-19-12-10(16-13(19)21)11(14-8-15-12)18-6-4-17(5-7-18)9(2)20/h8H,3-7H2,1-2H3,(H,16,21). The van der Waals surface area contributed by atoms with Crippen LogP contribution in [0.15, 0.2) is 11.1 Å². The van der Waals surface area contributed by atoms with E-state index in [1.165, 1.54) is 6.33 Å². The second kappa shape index (κ2) is 5.19. The predicted octanol–water partition coefficient (Wildman–Crippen LogP) is -0.192. The molecular weight excluding hydrogens is 272 g/mol. The Balaban J connectivity index is 1.95. The third kappa shape index (κ3) is 2.26. The number of aromatic amines is 1. The number of imidazole rings is 1. The van der Waals surface area contributed by atoms with Crippen LogP contribution in [0.5, 0.6) is 0 Å². The lowest BCUT2D eigenvalue weighted by Gasteiger charge is -2.34. The lowest BCUT2D eigenvalue weighted by atomic mass is 10.3. The summed E-state index contributed by atoms with van der Waals surface area (Å²) in [7, 11) is 0. The largest absolute Gasteiger partial charge is 0.351 e. The number of anilines is 1. The van der Waals surface area contributed by atoms with Crippen molar-refractivity contribution in [3.8, 4) is 0 Å². The molecule has 21 heavy (non-hydrogen) atoms. The van der Waals surface area contributed by atoms with Crippen molar-refractivity contribution >= 4 is 22.9 Å². The van der Waals surface area contributed by atoms with Gasteiger partial charge >= 0.3 is 5.69 Å². The topological polar surface area (TPSA) is 87.1 Å². The minimum atomic E-state index is -0.170. The molecule has 3 rings (SSSR count). The molecule has 1 fully saturated rings. The summed E-state index contributed by atoms with van der Waals surface area (Å²) in [6, 6.07) is 0. The lowest BCUT2D eigenvalue weighted by Crippen LogP contribution is -2.48. The van der Waals surface area contributed by atoms with E-state index in [9.17, 15) is 9.59 Å². The zero-order valence-electron chi connectivity index (χ0n) is 12.2. The summed E-state index contributed by atoms with van der Waals surface area (Å²) in [4.78, 5) is 38.5. The molecule has 1 amide bonds. The third-order valence-electron chi connectivity index (χ3n) is 3.88. The van der Waals surface area contributed by atoms with E-state index in [0.29, 0.717) is 43.9 Å². The fourth-order valence-corrected chi connectivity index (χ4v) is 2.72. The van der Waals surface area contributed by atoms with E-state index in [1.54, 1.807) is 11.5 Å². The van der Waals surface area contributed by atoms with Crippen LogP contribution < -0.4 is 10.6 Å². The number of amides is 1. The van der Waals surface area contributed by atoms with E-state index < -0.39 is 0 Å². The lowest BCUT2D eigenvalue weighted by molar-refractivity contribution is -0.129. The first-order valence-corrected chi connectivity index (χ1v) is 7.05. The van der Waals surface area contributed by atoms with Crippen LogP contribution in [-0.4, -0.2) is 56.5 Å². The molecule has 1 aliphatic rings. The summed E-state index contributed by atoms with van der Waals surface area (Å²) in [5, 5.41) is 0. The average molecular weight is 290 g/mol. The van der Waals surface area contributed by atoms with Crippen molar-refractivity contribution < 1.29 is 4.79 Å². The average Bonchev–Trinajstić information content (AvgIpc) is 2.82. The molecule has 2 aromatic rings. The molecule has 0 atom stereocenters. The number of fused-ring (bicyclic) bond motifs is 1. The molecule has 2 aromatic heterocycles. The van der Waals surface area contributed by atoms with E-state index >= 15 is 0 Å². The van der Waals surface area contributed by atoms with Crippen LogP contribution in [0, 0.1) is 0 Å². The monoisotopic (exact) mass is 290 g/mol. The van der Waals surface area contributed by atoms with Crippen molar-refractivity contribution in [2.24, 2.45) is 0 Å². The maximum absolute atomic E-state index is 11.9. The van der Waals surface area contributed by atoms with Crippen LogP contribution in [0.3, 0.4) is 0 Å². The van der Waals surface area contributed by atoms with Crippen LogP contribution in [-0.2, 0) is 11.3 Å². The number of hydrogen-bond donors (Lipinski definition) is 1. The van der Waals surface area contributed by atoms with Gasteiger partial charge in [0, 0.05) is 39.6 Å². The molecule has 1 aliphatic heterocycles. The molecule has 0 aromatic carbocycles. The smallest absolute Gasteiger partial charge is 0.327 e. The van der Waals surface area contributed by atoms with Crippen molar-refractivity contribution in [2.45, 2.75) is 20.4 Å². The Morgan fingerprint density at radius 3 is 2.62 bits per heavy atom. The van der Waals surface area contributed by atoms with Crippen molar-refractivity contribution in [3.05, 3.63) is 16.8 Å². The highest BCUT2D eigenvalue weighted by Gasteiger charge is 2.22. The van der Waals surface area contributed by atoms with Gasteiger partial charge in [-0.05, 0) is 6.92 Å². The van der Waals surface area contributed by atoms with Crippen LogP contribution >= 0.6 is 0 Å². The SMILES string of the molecule is CCn1c(=O)[nH]c2c(N3CCN(C(C)=O)CC3)ncnc21. The van der Waals surface area contributed by atoms with Gasteiger partial charge in [-0.2, -0.15) is 0 Å². The van der Waals surface area contributed by atoms with E-state index in [4.69, 9.17) is 0 Å².